The molecule has 0 saturated carbocycles. The van der Waals surface area contributed by atoms with Gasteiger partial charge in [0, 0.05) is 16.4 Å². The minimum Gasteiger partial charge on any atom is -0.507 e. The standard InChI is InChI=1S/C35H39NO6S/c1-2-9-23(18-24-10-6-7-14-30(24)38)15-16-31(39)32-25(22-42-26-11-4-3-5-12-26)19-28-33(29(32)21-37)35(41)36(34(28)40)20-27-13-8-17-43-27/h3-8,10-14,17-18,28-29,31,33,37-39H,2,9,15-16,19-22H2,1H3/b23-18+/t28-,29+,31-,33-/m1/s1. The van der Waals surface area contributed by atoms with Crippen LogP contribution in [0.25, 0.3) is 6.08 Å². The van der Waals surface area contributed by atoms with Crippen molar-refractivity contribution >= 4 is 29.2 Å². The zero-order chi connectivity index (χ0) is 30.3. The molecule has 0 unspecified atom stereocenters. The van der Waals surface area contributed by atoms with Gasteiger partial charge in [0.2, 0.25) is 11.8 Å². The first-order valence-corrected chi connectivity index (χ1v) is 15.8. The SMILES string of the molecule is CCC/C(=C\c1ccccc1O)CC[C@@H](O)C1=C(COc2ccccc2)C[C@H]2C(=O)N(Cc3cccs3)C(=O)[C@H]2[C@H]1CO. The Morgan fingerprint density at radius 2 is 1.81 bits per heavy atom. The maximum Gasteiger partial charge on any atom is 0.234 e. The molecule has 3 aromatic rings. The third-order valence-corrected chi connectivity index (χ3v) is 9.35. The molecule has 1 aliphatic carbocycles. The van der Waals surface area contributed by atoms with Crippen molar-refractivity contribution in [2.24, 2.45) is 17.8 Å². The summed E-state index contributed by atoms with van der Waals surface area (Å²) >= 11 is 1.49. The third kappa shape index (κ3) is 6.93. The Hall–Kier alpha value is -3.72. The first-order chi connectivity index (χ1) is 20.9. The van der Waals surface area contributed by atoms with E-state index in [4.69, 9.17) is 4.74 Å². The van der Waals surface area contributed by atoms with Crippen molar-refractivity contribution in [2.45, 2.75) is 51.7 Å². The quantitative estimate of drug-likeness (QED) is 0.165. The van der Waals surface area contributed by atoms with E-state index in [0.29, 0.717) is 30.6 Å². The number of ether oxygens (including phenoxy) is 1. The van der Waals surface area contributed by atoms with Crippen LogP contribution in [0, 0.1) is 17.8 Å². The monoisotopic (exact) mass is 601 g/mol. The summed E-state index contributed by atoms with van der Waals surface area (Å²) in [4.78, 5) is 29.6. The molecule has 43 heavy (non-hydrogen) atoms. The van der Waals surface area contributed by atoms with E-state index in [1.807, 2.05) is 66.1 Å². The Kier molecular flexibility index (Phi) is 10.1. The number of phenolic OH excluding ortho intramolecular Hbond substituents is 1. The van der Waals surface area contributed by atoms with Crippen LogP contribution in [0.2, 0.25) is 0 Å². The van der Waals surface area contributed by atoms with E-state index in [0.717, 1.165) is 34.4 Å². The normalized spacial score (nSPS) is 21.3. The summed E-state index contributed by atoms with van der Waals surface area (Å²) in [5, 5.41) is 34.6. The number of phenols is 1. The summed E-state index contributed by atoms with van der Waals surface area (Å²) in [6.07, 6.45) is 3.99. The number of likely N-dealkylation sites (tertiary alicyclic amines) is 1. The molecular formula is C35H39NO6S. The molecular weight excluding hydrogens is 562 g/mol. The summed E-state index contributed by atoms with van der Waals surface area (Å²) in [5.74, 6) is -1.68. The van der Waals surface area contributed by atoms with Crippen molar-refractivity contribution < 1.29 is 29.6 Å². The van der Waals surface area contributed by atoms with E-state index >= 15 is 0 Å². The van der Waals surface area contributed by atoms with E-state index in [-0.39, 0.29) is 37.3 Å². The molecule has 1 saturated heterocycles. The number of imide groups is 1. The maximum atomic E-state index is 13.7. The second-order valence-electron chi connectivity index (χ2n) is 11.3. The van der Waals surface area contributed by atoms with Crippen LogP contribution in [0.4, 0.5) is 0 Å². The molecule has 1 aromatic heterocycles. The molecule has 0 bridgehead atoms. The minimum absolute atomic E-state index is 0.151. The number of carbonyl (C=O) groups is 2. The topological polar surface area (TPSA) is 107 Å². The molecule has 2 aliphatic rings. The Balaban J connectivity index is 1.43. The number of para-hydroxylation sites is 2. The number of aliphatic hydroxyl groups is 2. The number of fused-ring (bicyclic) bond motifs is 1. The number of allylic oxidation sites excluding steroid dienone is 1. The highest BCUT2D eigenvalue weighted by atomic mass is 32.1. The maximum absolute atomic E-state index is 13.7. The summed E-state index contributed by atoms with van der Waals surface area (Å²) in [5.41, 5.74) is 3.19. The number of benzene rings is 2. The molecule has 5 rings (SSSR count). The lowest BCUT2D eigenvalue weighted by Gasteiger charge is -2.36. The number of aliphatic hydroxyl groups excluding tert-OH is 2. The van der Waals surface area contributed by atoms with Crippen molar-refractivity contribution in [1.82, 2.24) is 4.90 Å². The van der Waals surface area contributed by atoms with Gasteiger partial charge in [-0.15, -0.1) is 11.3 Å². The first-order valence-electron chi connectivity index (χ1n) is 14.9. The number of carbonyl (C=O) groups excluding carboxylic acids is 2. The number of amides is 2. The first kappa shape index (κ1) is 30.7. The number of hydrogen-bond acceptors (Lipinski definition) is 7. The Labute approximate surface area is 256 Å². The molecule has 8 heteroatoms. The molecule has 2 aromatic carbocycles. The second kappa shape index (κ2) is 14.2. The fourth-order valence-corrected chi connectivity index (χ4v) is 7.15. The van der Waals surface area contributed by atoms with E-state index in [1.54, 1.807) is 12.1 Å². The van der Waals surface area contributed by atoms with Gasteiger partial charge in [-0.2, -0.15) is 0 Å². The highest BCUT2D eigenvalue weighted by molar-refractivity contribution is 7.09. The molecule has 226 valence electrons. The van der Waals surface area contributed by atoms with Crippen molar-refractivity contribution in [3.63, 3.8) is 0 Å². The van der Waals surface area contributed by atoms with Crippen LogP contribution < -0.4 is 4.74 Å². The van der Waals surface area contributed by atoms with Crippen molar-refractivity contribution in [3.05, 3.63) is 99.3 Å². The number of thiophene rings is 1. The fraction of sp³-hybridized carbons (Fsp3) is 0.371. The van der Waals surface area contributed by atoms with Crippen molar-refractivity contribution in [2.75, 3.05) is 13.2 Å². The summed E-state index contributed by atoms with van der Waals surface area (Å²) in [6, 6.07) is 20.3. The molecule has 2 heterocycles. The number of rotatable bonds is 13. The fourth-order valence-electron chi connectivity index (χ4n) is 6.46. The lowest BCUT2D eigenvalue weighted by molar-refractivity contribution is -0.140. The predicted octanol–water partition coefficient (Wildman–Crippen LogP) is 5.97. The van der Waals surface area contributed by atoms with Crippen LogP contribution in [0.5, 0.6) is 11.5 Å². The van der Waals surface area contributed by atoms with Crippen LogP contribution >= 0.6 is 11.3 Å². The number of nitrogens with zero attached hydrogens (tertiary/aromatic N) is 1. The molecule has 2 amide bonds. The zero-order valence-corrected chi connectivity index (χ0v) is 25.2. The van der Waals surface area contributed by atoms with E-state index in [9.17, 15) is 24.9 Å². The second-order valence-corrected chi connectivity index (χ2v) is 12.3. The molecule has 0 spiro atoms. The Bertz CT molecular complexity index is 1460. The van der Waals surface area contributed by atoms with Gasteiger partial charge < -0.3 is 20.1 Å². The Morgan fingerprint density at radius 1 is 1.05 bits per heavy atom. The van der Waals surface area contributed by atoms with Crippen molar-refractivity contribution in [3.8, 4) is 11.5 Å². The molecule has 1 aliphatic heterocycles. The van der Waals surface area contributed by atoms with Crippen LogP contribution in [0.3, 0.4) is 0 Å². The van der Waals surface area contributed by atoms with E-state index in [2.05, 4.69) is 6.92 Å². The largest absolute Gasteiger partial charge is 0.507 e. The van der Waals surface area contributed by atoms with Gasteiger partial charge in [-0.05, 0) is 66.5 Å². The summed E-state index contributed by atoms with van der Waals surface area (Å²) in [7, 11) is 0. The highest BCUT2D eigenvalue weighted by Crippen LogP contribution is 2.47. The van der Waals surface area contributed by atoms with Gasteiger partial charge in [-0.3, -0.25) is 14.5 Å². The minimum atomic E-state index is -0.939. The third-order valence-electron chi connectivity index (χ3n) is 8.49. The zero-order valence-electron chi connectivity index (χ0n) is 24.4. The van der Waals surface area contributed by atoms with Crippen LogP contribution in [0.1, 0.15) is 49.5 Å². The Morgan fingerprint density at radius 3 is 2.51 bits per heavy atom. The molecule has 1 fully saturated rings. The summed E-state index contributed by atoms with van der Waals surface area (Å²) < 4.78 is 6.10. The lowest BCUT2D eigenvalue weighted by Crippen LogP contribution is -2.40. The van der Waals surface area contributed by atoms with Gasteiger partial charge in [0.15, 0.2) is 0 Å². The smallest absolute Gasteiger partial charge is 0.234 e. The average Bonchev–Trinajstić information content (AvgIpc) is 3.62. The van der Waals surface area contributed by atoms with Crippen LogP contribution in [-0.2, 0) is 16.1 Å². The van der Waals surface area contributed by atoms with E-state index < -0.39 is 23.9 Å². The number of aromatic hydroxyl groups is 1. The van der Waals surface area contributed by atoms with Gasteiger partial charge >= 0.3 is 0 Å². The average molecular weight is 602 g/mol. The van der Waals surface area contributed by atoms with Gasteiger partial charge in [-0.1, -0.05) is 67.5 Å². The van der Waals surface area contributed by atoms with Crippen LogP contribution in [0.15, 0.2) is 88.8 Å². The van der Waals surface area contributed by atoms with Gasteiger partial charge in [0.05, 0.1) is 31.1 Å². The van der Waals surface area contributed by atoms with Crippen molar-refractivity contribution in [1.29, 1.82) is 0 Å². The molecule has 7 nitrogen and oxygen atoms in total. The molecule has 0 radical (unpaired) electrons. The lowest BCUT2D eigenvalue weighted by atomic mass is 9.68. The summed E-state index contributed by atoms with van der Waals surface area (Å²) in [6.45, 7) is 2.10. The molecule has 3 N–H and O–H groups in total. The van der Waals surface area contributed by atoms with E-state index in [1.165, 1.54) is 16.2 Å². The number of hydrogen-bond donors (Lipinski definition) is 3. The van der Waals surface area contributed by atoms with Crippen LogP contribution in [-0.4, -0.2) is 51.4 Å². The van der Waals surface area contributed by atoms with Gasteiger partial charge in [0.1, 0.15) is 18.1 Å². The highest BCUT2D eigenvalue weighted by Gasteiger charge is 2.54. The van der Waals surface area contributed by atoms with Gasteiger partial charge in [-0.25, -0.2) is 0 Å². The molecule has 4 atom stereocenters. The van der Waals surface area contributed by atoms with Gasteiger partial charge in [0.25, 0.3) is 0 Å². The predicted molar refractivity (Wildman–Crippen MR) is 167 cm³/mol.